The molecule has 0 amide bonds. The summed E-state index contributed by atoms with van der Waals surface area (Å²) in [5, 5.41) is 8.99. The fourth-order valence-corrected chi connectivity index (χ4v) is 1.66. The van der Waals surface area contributed by atoms with Crippen LogP contribution in [0.3, 0.4) is 0 Å². The highest BCUT2D eigenvalue weighted by molar-refractivity contribution is 5.87. The van der Waals surface area contributed by atoms with E-state index in [0.29, 0.717) is 18.9 Å². The molecule has 1 saturated carbocycles. The van der Waals surface area contributed by atoms with Gasteiger partial charge in [-0.3, -0.25) is 4.79 Å². The molecule has 0 aliphatic heterocycles. The number of nitriles is 1. The molecule has 78 valence electrons. The summed E-state index contributed by atoms with van der Waals surface area (Å²) < 4.78 is 0. The zero-order valence-corrected chi connectivity index (χ0v) is 9.21. The summed E-state index contributed by atoms with van der Waals surface area (Å²) in [5.41, 5.74) is -0.333. The van der Waals surface area contributed by atoms with E-state index in [1.807, 2.05) is 0 Å². The minimum Gasteiger partial charge on any atom is -0.304 e. The molecular weight excluding hydrogens is 176 g/mol. The normalized spacial score (nSPS) is 19.6. The highest BCUT2D eigenvalue weighted by Crippen LogP contribution is 2.40. The number of hydrogen-bond acceptors (Lipinski definition) is 3. The Bertz CT molecular complexity index is 257. The van der Waals surface area contributed by atoms with Gasteiger partial charge in [0.1, 0.15) is 5.78 Å². The number of hydrogen-bond donors (Lipinski definition) is 0. The molecule has 0 bridgehead atoms. The second kappa shape index (κ2) is 4.10. The van der Waals surface area contributed by atoms with Crippen LogP contribution < -0.4 is 0 Å². The summed E-state index contributed by atoms with van der Waals surface area (Å²) in [6, 6.07) is 2.79. The molecule has 0 unspecified atom stereocenters. The molecule has 0 aromatic heterocycles. The van der Waals surface area contributed by atoms with Gasteiger partial charge in [0.15, 0.2) is 0 Å². The maximum Gasteiger partial charge on any atom is 0.136 e. The van der Waals surface area contributed by atoms with Crippen molar-refractivity contribution in [3.05, 3.63) is 0 Å². The first-order valence-corrected chi connectivity index (χ1v) is 5.12. The smallest absolute Gasteiger partial charge is 0.136 e. The Morgan fingerprint density at radius 1 is 1.57 bits per heavy atom. The number of ketones is 1. The summed E-state index contributed by atoms with van der Waals surface area (Å²) in [6.45, 7) is 5.16. The summed E-state index contributed by atoms with van der Waals surface area (Å²) >= 11 is 0. The maximum absolute atomic E-state index is 10.9. The van der Waals surface area contributed by atoms with Gasteiger partial charge in [0.25, 0.3) is 0 Å². The lowest BCUT2D eigenvalue weighted by Crippen LogP contribution is -2.40. The largest absolute Gasteiger partial charge is 0.304 e. The molecule has 14 heavy (non-hydrogen) atoms. The van der Waals surface area contributed by atoms with Crippen LogP contribution in [0.5, 0.6) is 0 Å². The lowest BCUT2D eigenvalue weighted by atomic mass is 9.67. The molecule has 1 aliphatic rings. The van der Waals surface area contributed by atoms with Gasteiger partial charge in [0, 0.05) is 18.9 Å². The fourth-order valence-electron chi connectivity index (χ4n) is 1.66. The van der Waals surface area contributed by atoms with E-state index in [0.717, 1.165) is 13.0 Å². The molecule has 1 aliphatic carbocycles. The van der Waals surface area contributed by atoms with E-state index in [2.05, 4.69) is 31.9 Å². The molecule has 1 rings (SSSR count). The zero-order chi connectivity index (χ0) is 10.8. The fraction of sp³-hybridized carbons (Fsp3) is 0.818. The van der Waals surface area contributed by atoms with Crippen LogP contribution in [0.2, 0.25) is 0 Å². The first-order chi connectivity index (χ1) is 6.49. The SMILES string of the molecule is CC(C)N(C)CCC1(C#N)CC(=O)C1. The van der Waals surface area contributed by atoms with Gasteiger partial charge in [0.2, 0.25) is 0 Å². The van der Waals surface area contributed by atoms with E-state index >= 15 is 0 Å². The Labute approximate surface area is 85.7 Å². The van der Waals surface area contributed by atoms with Crippen LogP contribution in [0.25, 0.3) is 0 Å². The number of nitrogens with zero attached hydrogens (tertiary/aromatic N) is 2. The van der Waals surface area contributed by atoms with Crippen molar-refractivity contribution >= 4 is 5.78 Å². The third kappa shape index (κ3) is 2.33. The maximum atomic E-state index is 10.9. The van der Waals surface area contributed by atoms with Crippen LogP contribution in [0.15, 0.2) is 0 Å². The molecule has 0 radical (unpaired) electrons. The van der Waals surface area contributed by atoms with Crippen molar-refractivity contribution in [2.75, 3.05) is 13.6 Å². The van der Waals surface area contributed by atoms with Gasteiger partial charge in [-0.1, -0.05) is 0 Å². The molecule has 1 fully saturated rings. The third-order valence-electron chi connectivity index (χ3n) is 3.13. The first kappa shape index (κ1) is 11.2. The number of carbonyl (C=O) groups is 1. The van der Waals surface area contributed by atoms with Crippen molar-refractivity contribution in [1.29, 1.82) is 5.26 Å². The Morgan fingerprint density at radius 3 is 2.50 bits per heavy atom. The molecule has 0 spiro atoms. The van der Waals surface area contributed by atoms with Gasteiger partial charge in [-0.15, -0.1) is 0 Å². The van der Waals surface area contributed by atoms with E-state index < -0.39 is 0 Å². The molecule has 0 heterocycles. The number of Topliss-reactive ketones (excluding diaryl/α,β-unsaturated/α-hetero) is 1. The van der Waals surface area contributed by atoms with Crippen LogP contribution in [0.1, 0.15) is 33.1 Å². The van der Waals surface area contributed by atoms with Crippen molar-refractivity contribution in [2.45, 2.75) is 39.2 Å². The van der Waals surface area contributed by atoms with Gasteiger partial charge >= 0.3 is 0 Å². The lowest BCUT2D eigenvalue weighted by molar-refractivity contribution is -0.130. The first-order valence-electron chi connectivity index (χ1n) is 5.12. The Hall–Kier alpha value is -0.880. The van der Waals surface area contributed by atoms with Crippen LogP contribution in [0.4, 0.5) is 0 Å². The Balaban J connectivity index is 2.37. The summed E-state index contributed by atoms with van der Waals surface area (Å²) in [4.78, 5) is 13.1. The minimum absolute atomic E-state index is 0.235. The molecule has 0 atom stereocenters. The third-order valence-corrected chi connectivity index (χ3v) is 3.13. The highest BCUT2D eigenvalue weighted by atomic mass is 16.1. The second-order valence-corrected chi connectivity index (χ2v) is 4.61. The predicted molar refractivity (Wildman–Crippen MR) is 54.7 cm³/mol. The van der Waals surface area contributed by atoms with E-state index in [9.17, 15) is 4.79 Å². The highest BCUT2D eigenvalue weighted by Gasteiger charge is 2.43. The topological polar surface area (TPSA) is 44.1 Å². The summed E-state index contributed by atoms with van der Waals surface area (Å²) in [7, 11) is 2.05. The number of carbonyl (C=O) groups excluding carboxylic acids is 1. The molecule has 0 aromatic carbocycles. The molecule has 3 nitrogen and oxygen atoms in total. The van der Waals surface area contributed by atoms with Gasteiger partial charge in [0.05, 0.1) is 11.5 Å². The van der Waals surface area contributed by atoms with Crippen LogP contribution >= 0.6 is 0 Å². The van der Waals surface area contributed by atoms with Gasteiger partial charge < -0.3 is 4.90 Å². The van der Waals surface area contributed by atoms with Crippen molar-refractivity contribution in [1.82, 2.24) is 4.90 Å². The second-order valence-electron chi connectivity index (χ2n) is 4.61. The average molecular weight is 194 g/mol. The van der Waals surface area contributed by atoms with Crippen LogP contribution in [0, 0.1) is 16.7 Å². The van der Waals surface area contributed by atoms with Crippen molar-refractivity contribution in [3.63, 3.8) is 0 Å². The van der Waals surface area contributed by atoms with Crippen LogP contribution in [-0.2, 0) is 4.79 Å². The zero-order valence-electron chi connectivity index (χ0n) is 9.21. The monoisotopic (exact) mass is 194 g/mol. The van der Waals surface area contributed by atoms with Crippen molar-refractivity contribution in [2.24, 2.45) is 5.41 Å². The lowest BCUT2D eigenvalue weighted by Gasteiger charge is -2.35. The molecule has 0 N–H and O–H groups in total. The summed E-state index contributed by atoms with van der Waals surface area (Å²) in [6.07, 6.45) is 1.76. The van der Waals surface area contributed by atoms with Crippen molar-refractivity contribution < 1.29 is 4.79 Å². The quantitative estimate of drug-likeness (QED) is 0.682. The van der Waals surface area contributed by atoms with E-state index in [1.165, 1.54) is 0 Å². The average Bonchev–Trinajstić information content (AvgIpc) is 2.09. The van der Waals surface area contributed by atoms with E-state index in [1.54, 1.807) is 0 Å². The summed E-state index contributed by atoms with van der Waals surface area (Å²) in [5.74, 6) is 0.235. The van der Waals surface area contributed by atoms with E-state index in [4.69, 9.17) is 5.26 Å². The minimum atomic E-state index is -0.333. The van der Waals surface area contributed by atoms with Crippen LogP contribution in [-0.4, -0.2) is 30.3 Å². The molecule has 0 aromatic rings. The Morgan fingerprint density at radius 2 is 2.14 bits per heavy atom. The molecular formula is C11H18N2O. The van der Waals surface area contributed by atoms with Gasteiger partial charge in [-0.2, -0.15) is 5.26 Å². The molecule has 3 heteroatoms. The van der Waals surface area contributed by atoms with Crippen molar-refractivity contribution in [3.8, 4) is 6.07 Å². The van der Waals surface area contributed by atoms with Gasteiger partial charge in [-0.25, -0.2) is 0 Å². The number of rotatable bonds is 4. The standard InChI is InChI=1S/C11H18N2O/c1-9(2)13(3)5-4-11(8-12)6-10(14)7-11/h9H,4-7H2,1-3H3. The molecule has 0 saturated heterocycles. The van der Waals surface area contributed by atoms with Gasteiger partial charge in [-0.05, 0) is 33.9 Å². The Kier molecular flexibility index (Phi) is 3.28. The van der Waals surface area contributed by atoms with E-state index in [-0.39, 0.29) is 11.2 Å². The predicted octanol–water partition coefficient (Wildman–Crippen LogP) is 1.59.